The molecule has 1 aliphatic heterocycles. The summed E-state index contributed by atoms with van der Waals surface area (Å²) in [7, 11) is 0. The Balaban J connectivity index is 1.84. The van der Waals surface area contributed by atoms with Gasteiger partial charge < -0.3 is 0 Å². The van der Waals surface area contributed by atoms with Crippen molar-refractivity contribution in [1.29, 1.82) is 0 Å². The molecule has 0 amide bonds. The lowest BCUT2D eigenvalue weighted by Crippen LogP contribution is -2.33. The first-order valence-corrected chi connectivity index (χ1v) is 6.72. The predicted molar refractivity (Wildman–Crippen MR) is 70.2 cm³/mol. The van der Waals surface area contributed by atoms with E-state index in [-0.39, 0.29) is 0 Å². The van der Waals surface area contributed by atoms with E-state index in [1.54, 1.807) is 0 Å². The van der Waals surface area contributed by atoms with E-state index in [2.05, 4.69) is 17.0 Å². The molecule has 0 atom stereocenters. The van der Waals surface area contributed by atoms with Crippen LogP contribution in [0.4, 0.5) is 0 Å². The highest BCUT2D eigenvalue weighted by molar-refractivity contribution is 6.30. The smallest absolute Gasteiger partial charge is 0.0406 e. The fraction of sp³-hybridized carbons (Fsp3) is 0.538. The van der Waals surface area contributed by atoms with Gasteiger partial charge in [0.05, 0.1) is 0 Å². The first kappa shape index (κ1) is 12.2. The van der Waals surface area contributed by atoms with Gasteiger partial charge >= 0.3 is 0 Å². The van der Waals surface area contributed by atoms with Crippen molar-refractivity contribution >= 4 is 23.2 Å². The molecule has 1 aromatic rings. The molecule has 16 heavy (non-hydrogen) atoms. The van der Waals surface area contributed by atoms with Crippen LogP contribution in [0.1, 0.15) is 18.4 Å². The van der Waals surface area contributed by atoms with E-state index in [9.17, 15) is 0 Å². The maximum atomic E-state index is 5.87. The van der Waals surface area contributed by atoms with Crippen LogP contribution >= 0.6 is 23.2 Å². The Labute approximate surface area is 107 Å². The van der Waals surface area contributed by atoms with Crippen LogP contribution in [-0.2, 0) is 6.54 Å². The van der Waals surface area contributed by atoms with Crippen molar-refractivity contribution in [1.82, 2.24) is 4.90 Å². The summed E-state index contributed by atoms with van der Waals surface area (Å²) in [5.74, 6) is 1.54. The molecule has 88 valence electrons. The van der Waals surface area contributed by atoms with Crippen LogP contribution in [0.25, 0.3) is 0 Å². The Morgan fingerprint density at radius 2 is 1.75 bits per heavy atom. The summed E-state index contributed by atoms with van der Waals surface area (Å²) in [6, 6.07) is 8.14. The number of halogens is 2. The van der Waals surface area contributed by atoms with Crippen LogP contribution in [0.3, 0.4) is 0 Å². The summed E-state index contributed by atoms with van der Waals surface area (Å²) < 4.78 is 0. The molecule has 0 radical (unpaired) electrons. The molecule has 1 fully saturated rings. The van der Waals surface area contributed by atoms with Crippen LogP contribution in [0.5, 0.6) is 0 Å². The van der Waals surface area contributed by atoms with Gasteiger partial charge in [-0.25, -0.2) is 0 Å². The zero-order chi connectivity index (χ0) is 11.4. The first-order valence-electron chi connectivity index (χ1n) is 5.80. The van der Waals surface area contributed by atoms with E-state index < -0.39 is 0 Å². The predicted octanol–water partition coefficient (Wildman–Crippen LogP) is 3.79. The number of likely N-dealkylation sites (tertiary alicyclic amines) is 1. The Kier molecular flexibility index (Phi) is 4.51. The van der Waals surface area contributed by atoms with Gasteiger partial charge in [-0.2, -0.15) is 0 Å². The highest BCUT2D eigenvalue weighted by Gasteiger charge is 2.18. The van der Waals surface area contributed by atoms with Crippen molar-refractivity contribution in [3.05, 3.63) is 34.9 Å². The van der Waals surface area contributed by atoms with Gasteiger partial charge in [-0.1, -0.05) is 23.7 Å². The van der Waals surface area contributed by atoms with Crippen molar-refractivity contribution in [3.63, 3.8) is 0 Å². The van der Waals surface area contributed by atoms with E-state index in [1.165, 1.54) is 31.5 Å². The Morgan fingerprint density at radius 1 is 1.12 bits per heavy atom. The van der Waals surface area contributed by atoms with Gasteiger partial charge in [0.25, 0.3) is 0 Å². The highest BCUT2D eigenvalue weighted by atomic mass is 35.5. The molecule has 1 saturated heterocycles. The molecule has 3 heteroatoms. The van der Waals surface area contributed by atoms with Crippen LogP contribution in [0.15, 0.2) is 24.3 Å². The first-order chi connectivity index (χ1) is 7.78. The fourth-order valence-electron chi connectivity index (χ4n) is 2.15. The lowest BCUT2D eigenvalue weighted by atomic mass is 9.98. The SMILES string of the molecule is ClCC1CCN(Cc2ccc(Cl)cc2)CC1. The second-order valence-electron chi connectivity index (χ2n) is 4.50. The average Bonchev–Trinajstić information content (AvgIpc) is 2.33. The second-order valence-corrected chi connectivity index (χ2v) is 5.25. The Hall–Kier alpha value is -0.240. The van der Waals surface area contributed by atoms with E-state index in [1.807, 2.05) is 12.1 Å². The fourth-order valence-corrected chi connectivity index (χ4v) is 2.58. The van der Waals surface area contributed by atoms with E-state index in [4.69, 9.17) is 23.2 Å². The number of benzene rings is 1. The molecule has 1 nitrogen and oxygen atoms in total. The van der Waals surface area contributed by atoms with Gasteiger partial charge in [-0.3, -0.25) is 4.90 Å². The van der Waals surface area contributed by atoms with E-state index >= 15 is 0 Å². The number of hydrogen-bond donors (Lipinski definition) is 0. The minimum absolute atomic E-state index is 0.725. The minimum atomic E-state index is 0.725. The number of alkyl halides is 1. The third-order valence-electron chi connectivity index (χ3n) is 3.24. The minimum Gasteiger partial charge on any atom is -0.299 e. The molecule has 1 aliphatic rings. The third-order valence-corrected chi connectivity index (χ3v) is 3.93. The summed E-state index contributed by atoms with van der Waals surface area (Å²) in [5, 5.41) is 0.810. The van der Waals surface area contributed by atoms with Gasteiger partial charge in [-0.05, 0) is 49.5 Å². The van der Waals surface area contributed by atoms with Gasteiger partial charge in [0, 0.05) is 17.4 Å². The number of rotatable bonds is 3. The number of hydrogen-bond acceptors (Lipinski definition) is 1. The quantitative estimate of drug-likeness (QED) is 0.745. The maximum Gasteiger partial charge on any atom is 0.0406 e. The molecule has 0 N–H and O–H groups in total. The second kappa shape index (κ2) is 5.90. The molecule has 0 aliphatic carbocycles. The molecule has 1 heterocycles. The van der Waals surface area contributed by atoms with Crippen molar-refractivity contribution in [3.8, 4) is 0 Å². The Bertz CT molecular complexity index is 315. The van der Waals surface area contributed by atoms with Gasteiger partial charge in [0.2, 0.25) is 0 Å². The maximum absolute atomic E-state index is 5.87. The summed E-state index contributed by atoms with van der Waals surface area (Å²) in [6.45, 7) is 3.37. The molecule has 0 bridgehead atoms. The summed E-state index contributed by atoms with van der Waals surface area (Å²) >= 11 is 11.7. The Morgan fingerprint density at radius 3 is 2.31 bits per heavy atom. The topological polar surface area (TPSA) is 3.24 Å². The van der Waals surface area contributed by atoms with Gasteiger partial charge in [0.1, 0.15) is 0 Å². The largest absolute Gasteiger partial charge is 0.299 e. The summed E-state index contributed by atoms with van der Waals surface area (Å²) in [6.07, 6.45) is 2.47. The van der Waals surface area contributed by atoms with Crippen molar-refractivity contribution in [2.45, 2.75) is 19.4 Å². The molecule has 0 unspecified atom stereocenters. The zero-order valence-corrected chi connectivity index (χ0v) is 10.8. The molecule has 0 saturated carbocycles. The normalized spacial score (nSPS) is 18.9. The highest BCUT2D eigenvalue weighted by Crippen LogP contribution is 2.20. The summed E-state index contributed by atoms with van der Waals surface area (Å²) in [5.41, 5.74) is 1.34. The van der Waals surface area contributed by atoms with Crippen LogP contribution in [0, 0.1) is 5.92 Å². The van der Waals surface area contributed by atoms with Crippen LogP contribution in [-0.4, -0.2) is 23.9 Å². The lowest BCUT2D eigenvalue weighted by Gasteiger charge is -2.31. The molecule has 0 spiro atoms. The monoisotopic (exact) mass is 257 g/mol. The van der Waals surface area contributed by atoms with E-state index in [0.29, 0.717) is 0 Å². The molecule has 1 aromatic carbocycles. The van der Waals surface area contributed by atoms with Gasteiger partial charge in [0.15, 0.2) is 0 Å². The van der Waals surface area contributed by atoms with Crippen LogP contribution < -0.4 is 0 Å². The standard InChI is InChI=1S/C13H17Cl2N/c14-9-11-5-7-16(8-6-11)10-12-1-3-13(15)4-2-12/h1-4,11H,5-10H2. The van der Waals surface area contributed by atoms with Crippen molar-refractivity contribution < 1.29 is 0 Å². The third kappa shape index (κ3) is 3.38. The van der Waals surface area contributed by atoms with E-state index in [0.717, 1.165) is 23.4 Å². The molecule has 0 aromatic heterocycles. The number of nitrogens with zero attached hydrogens (tertiary/aromatic N) is 1. The van der Waals surface area contributed by atoms with Gasteiger partial charge in [-0.15, -0.1) is 11.6 Å². The molecule has 2 rings (SSSR count). The number of piperidine rings is 1. The van der Waals surface area contributed by atoms with Crippen molar-refractivity contribution in [2.75, 3.05) is 19.0 Å². The zero-order valence-electron chi connectivity index (χ0n) is 9.33. The lowest BCUT2D eigenvalue weighted by molar-refractivity contribution is 0.186. The molecular weight excluding hydrogens is 241 g/mol. The average molecular weight is 258 g/mol. The van der Waals surface area contributed by atoms with Crippen LogP contribution in [0.2, 0.25) is 5.02 Å². The van der Waals surface area contributed by atoms with Crippen molar-refractivity contribution in [2.24, 2.45) is 5.92 Å². The molecular formula is C13H17Cl2N. The summed E-state index contributed by atoms with van der Waals surface area (Å²) in [4.78, 5) is 2.49.